The number of fused-ring (bicyclic) bond motifs is 3. The molecule has 1 aromatic heterocycles. The van der Waals surface area contributed by atoms with Gasteiger partial charge in [-0.05, 0) is 87.6 Å². The maximum atomic E-state index is 6.20. The zero-order valence-electron chi connectivity index (χ0n) is 19.3. The number of hydrogen-bond acceptors (Lipinski definition) is 5. The third-order valence-corrected chi connectivity index (χ3v) is 7.68. The van der Waals surface area contributed by atoms with Crippen molar-refractivity contribution in [3.63, 3.8) is 0 Å². The third kappa shape index (κ3) is 4.09. The minimum Gasteiger partial charge on any atom is -0.493 e. The summed E-state index contributed by atoms with van der Waals surface area (Å²) in [5, 5.41) is 4.80. The molecular formula is C26H37N3O2. The van der Waals surface area contributed by atoms with E-state index in [4.69, 9.17) is 14.5 Å². The van der Waals surface area contributed by atoms with Crippen molar-refractivity contribution in [3.05, 3.63) is 23.3 Å². The van der Waals surface area contributed by atoms with Crippen LogP contribution >= 0.6 is 0 Å². The first-order valence-electron chi connectivity index (χ1n) is 12.3. The van der Waals surface area contributed by atoms with Crippen molar-refractivity contribution in [2.24, 2.45) is 5.41 Å². The second-order valence-electron chi connectivity index (χ2n) is 9.78. The van der Waals surface area contributed by atoms with Gasteiger partial charge in [-0.15, -0.1) is 0 Å². The summed E-state index contributed by atoms with van der Waals surface area (Å²) in [6.45, 7) is 7.36. The van der Waals surface area contributed by atoms with E-state index in [-0.39, 0.29) is 0 Å². The van der Waals surface area contributed by atoms with Gasteiger partial charge in [0.15, 0.2) is 11.5 Å². The number of benzene rings is 1. The van der Waals surface area contributed by atoms with Crippen LogP contribution < -0.4 is 14.8 Å². The fourth-order valence-electron chi connectivity index (χ4n) is 6.12. The van der Waals surface area contributed by atoms with Gasteiger partial charge in [-0.1, -0.05) is 12.8 Å². The Kier molecular flexibility index (Phi) is 5.96. The molecule has 0 radical (unpaired) electrons. The zero-order chi connectivity index (χ0) is 21.3. The lowest BCUT2D eigenvalue weighted by atomic mass is 9.83. The quantitative estimate of drug-likeness (QED) is 0.592. The van der Waals surface area contributed by atoms with E-state index >= 15 is 0 Å². The van der Waals surface area contributed by atoms with Gasteiger partial charge >= 0.3 is 0 Å². The molecule has 1 aromatic carbocycles. The average molecular weight is 424 g/mol. The molecule has 31 heavy (non-hydrogen) atoms. The van der Waals surface area contributed by atoms with Crippen LogP contribution in [0.4, 0.5) is 5.82 Å². The topological polar surface area (TPSA) is 46.6 Å². The van der Waals surface area contributed by atoms with Crippen LogP contribution in [0.1, 0.15) is 63.0 Å². The Morgan fingerprint density at radius 1 is 1.03 bits per heavy atom. The predicted molar refractivity (Wildman–Crippen MR) is 127 cm³/mol. The first-order valence-corrected chi connectivity index (χ1v) is 12.3. The number of aromatic nitrogens is 1. The fourth-order valence-corrected chi connectivity index (χ4v) is 6.12. The number of hydrogen-bond donors (Lipinski definition) is 1. The standard InChI is InChI=1S/C26H37N3O2/c1-3-27-25-21-18-26(9-4-5-10-26)17-20(21)19-15-23(30-2)24(16-22(19)28-25)31-14-8-13-29-11-6-7-12-29/h15-16H,3-14,17-18H2,1-2H3,(H,27,28). The second-order valence-corrected chi connectivity index (χ2v) is 9.78. The molecule has 3 aliphatic rings. The van der Waals surface area contributed by atoms with Crippen LogP contribution in [0.25, 0.3) is 10.9 Å². The highest BCUT2D eigenvalue weighted by atomic mass is 16.5. The van der Waals surface area contributed by atoms with Crippen LogP contribution in [0.5, 0.6) is 11.5 Å². The van der Waals surface area contributed by atoms with Gasteiger partial charge in [0.05, 0.1) is 19.2 Å². The Balaban J connectivity index is 1.42. The van der Waals surface area contributed by atoms with Gasteiger partial charge in [0.2, 0.25) is 0 Å². The summed E-state index contributed by atoms with van der Waals surface area (Å²) in [6, 6.07) is 4.28. The van der Waals surface area contributed by atoms with E-state index in [1.807, 2.05) is 0 Å². The molecule has 2 aliphatic carbocycles. The van der Waals surface area contributed by atoms with Gasteiger partial charge in [-0.2, -0.15) is 0 Å². The zero-order valence-corrected chi connectivity index (χ0v) is 19.3. The van der Waals surface area contributed by atoms with E-state index in [1.165, 1.54) is 81.0 Å². The lowest BCUT2D eigenvalue weighted by Gasteiger charge is -2.21. The molecule has 5 heteroatoms. The van der Waals surface area contributed by atoms with E-state index in [2.05, 4.69) is 29.3 Å². The number of nitrogens with zero attached hydrogens (tertiary/aromatic N) is 2. The maximum absolute atomic E-state index is 6.20. The molecule has 1 aliphatic heterocycles. The van der Waals surface area contributed by atoms with Crippen molar-refractivity contribution in [3.8, 4) is 11.5 Å². The summed E-state index contributed by atoms with van der Waals surface area (Å²) in [5.41, 5.74) is 4.42. The van der Waals surface area contributed by atoms with Gasteiger partial charge < -0.3 is 19.7 Å². The largest absolute Gasteiger partial charge is 0.493 e. The summed E-state index contributed by atoms with van der Waals surface area (Å²) in [7, 11) is 1.75. The van der Waals surface area contributed by atoms with Crippen LogP contribution in [0.2, 0.25) is 0 Å². The number of anilines is 1. The molecule has 2 aromatic rings. The Bertz CT molecular complexity index is 930. The third-order valence-electron chi connectivity index (χ3n) is 7.68. The molecule has 0 atom stereocenters. The highest BCUT2D eigenvalue weighted by molar-refractivity contribution is 5.89. The molecule has 0 unspecified atom stereocenters. The van der Waals surface area contributed by atoms with Gasteiger partial charge in [-0.3, -0.25) is 0 Å². The van der Waals surface area contributed by atoms with Crippen LogP contribution in [-0.4, -0.2) is 49.8 Å². The Morgan fingerprint density at radius 3 is 2.55 bits per heavy atom. The lowest BCUT2D eigenvalue weighted by Crippen LogP contribution is -2.21. The summed E-state index contributed by atoms with van der Waals surface area (Å²) < 4.78 is 12.0. The molecule has 1 saturated heterocycles. The number of methoxy groups -OCH3 is 1. The molecule has 5 nitrogen and oxygen atoms in total. The second kappa shape index (κ2) is 8.85. The van der Waals surface area contributed by atoms with E-state index in [1.54, 1.807) is 7.11 Å². The van der Waals surface area contributed by atoms with Crippen molar-refractivity contribution in [1.29, 1.82) is 0 Å². The molecule has 2 heterocycles. The van der Waals surface area contributed by atoms with Crippen LogP contribution in [-0.2, 0) is 12.8 Å². The van der Waals surface area contributed by atoms with Gasteiger partial charge in [0.1, 0.15) is 5.82 Å². The monoisotopic (exact) mass is 423 g/mol. The van der Waals surface area contributed by atoms with Crippen LogP contribution in [0, 0.1) is 5.41 Å². The van der Waals surface area contributed by atoms with Crippen molar-refractivity contribution in [2.75, 3.05) is 45.2 Å². The van der Waals surface area contributed by atoms with Crippen LogP contribution in [0.15, 0.2) is 12.1 Å². The number of ether oxygens (including phenoxy) is 2. The minimum atomic E-state index is 0.459. The molecule has 5 rings (SSSR count). The number of pyridine rings is 1. The molecule has 0 bridgehead atoms. The lowest BCUT2D eigenvalue weighted by molar-refractivity contribution is 0.254. The fraction of sp³-hybridized carbons (Fsp3) is 0.654. The predicted octanol–water partition coefficient (Wildman–Crippen LogP) is 5.20. The first kappa shape index (κ1) is 20.9. The normalized spacial score (nSPS) is 19.9. The summed E-state index contributed by atoms with van der Waals surface area (Å²) >= 11 is 0. The molecule has 2 fully saturated rings. The molecule has 168 valence electrons. The average Bonchev–Trinajstić information content (AvgIpc) is 3.53. The molecule has 1 spiro atoms. The highest BCUT2D eigenvalue weighted by Gasteiger charge is 2.41. The van der Waals surface area contributed by atoms with E-state index in [9.17, 15) is 0 Å². The van der Waals surface area contributed by atoms with Gasteiger partial charge in [0, 0.05) is 24.5 Å². The number of rotatable bonds is 8. The first-order chi connectivity index (χ1) is 15.2. The van der Waals surface area contributed by atoms with Gasteiger partial charge in [-0.25, -0.2) is 4.98 Å². The van der Waals surface area contributed by atoms with Crippen molar-refractivity contribution in [2.45, 2.75) is 64.7 Å². The minimum absolute atomic E-state index is 0.459. The Labute approximate surface area is 186 Å². The highest BCUT2D eigenvalue weighted by Crippen LogP contribution is 2.52. The maximum Gasteiger partial charge on any atom is 0.163 e. The number of likely N-dealkylation sites (tertiary alicyclic amines) is 1. The summed E-state index contributed by atoms with van der Waals surface area (Å²) in [6.07, 6.45) is 11.5. The molecule has 0 amide bonds. The van der Waals surface area contributed by atoms with E-state index in [0.29, 0.717) is 12.0 Å². The Hall–Kier alpha value is -2.01. The van der Waals surface area contributed by atoms with Gasteiger partial charge in [0.25, 0.3) is 0 Å². The Morgan fingerprint density at radius 2 is 1.81 bits per heavy atom. The molecular weight excluding hydrogens is 386 g/mol. The molecule has 1 N–H and O–H groups in total. The molecule has 1 saturated carbocycles. The van der Waals surface area contributed by atoms with Crippen molar-refractivity contribution >= 4 is 16.7 Å². The van der Waals surface area contributed by atoms with Crippen molar-refractivity contribution in [1.82, 2.24) is 9.88 Å². The van der Waals surface area contributed by atoms with Crippen molar-refractivity contribution < 1.29 is 9.47 Å². The summed E-state index contributed by atoms with van der Waals surface area (Å²) in [5.74, 6) is 2.74. The summed E-state index contributed by atoms with van der Waals surface area (Å²) in [4.78, 5) is 7.60. The van der Waals surface area contributed by atoms with E-state index < -0.39 is 0 Å². The number of nitrogens with one attached hydrogen (secondary N) is 1. The van der Waals surface area contributed by atoms with Crippen LogP contribution in [0.3, 0.4) is 0 Å². The van der Waals surface area contributed by atoms with E-state index in [0.717, 1.165) is 42.3 Å². The SMILES string of the molecule is CCNc1nc2cc(OCCCN3CCCC3)c(OC)cc2c2c1CC1(CCCC1)C2. The smallest absolute Gasteiger partial charge is 0.163 e.